The lowest BCUT2D eigenvalue weighted by Crippen LogP contribution is -2.39. The number of fused-ring (bicyclic) bond motifs is 1. The molecule has 110 valence electrons. The predicted molar refractivity (Wildman–Crippen MR) is 86.0 cm³/mol. The average Bonchev–Trinajstić information content (AvgIpc) is 2.89. The van der Waals surface area contributed by atoms with Crippen molar-refractivity contribution >= 4 is 16.2 Å². The van der Waals surface area contributed by atoms with Crippen LogP contribution >= 0.6 is 11.3 Å². The Morgan fingerprint density at radius 1 is 1.25 bits per heavy atom. The lowest BCUT2D eigenvalue weighted by atomic mass is 9.94. The van der Waals surface area contributed by atoms with Gasteiger partial charge < -0.3 is 4.90 Å². The number of imidazole rings is 1. The van der Waals surface area contributed by atoms with E-state index in [-0.39, 0.29) is 0 Å². The Morgan fingerprint density at radius 3 is 2.70 bits per heavy atom. The first-order chi connectivity index (χ1) is 9.49. The van der Waals surface area contributed by atoms with Crippen molar-refractivity contribution in [1.29, 1.82) is 0 Å². The van der Waals surface area contributed by atoms with Gasteiger partial charge in [0.15, 0.2) is 0 Å². The fraction of sp³-hybridized carbons (Fsp3) is 0.688. The second-order valence-corrected chi connectivity index (χ2v) is 7.56. The summed E-state index contributed by atoms with van der Waals surface area (Å²) in [5.41, 5.74) is 2.70. The molecule has 1 unspecified atom stereocenters. The van der Waals surface area contributed by atoms with Gasteiger partial charge in [-0.3, -0.25) is 4.40 Å². The maximum Gasteiger partial charge on any atom is 0.123 e. The Hall–Kier alpha value is -0.870. The molecule has 3 heterocycles. The molecular weight excluding hydrogens is 266 g/mol. The van der Waals surface area contributed by atoms with E-state index in [1.54, 1.807) is 0 Å². The molecule has 2 aromatic heterocycles. The molecule has 0 bridgehead atoms. The smallest absolute Gasteiger partial charge is 0.123 e. The molecule has 1 atom stereocenters. The second-order valence-electron chi connectivity index (χ2n) is 6.36. The highest BCUT2D eigenvalue weighted by atomic mass is 32.1. The number of nitrogens with zero attached hydrogens (tertiary/aromatic N) is 3. The molecule has 1 aliphatic heterocycles. The number of hydrogen-bond donors (Lipinski definition) is 0. The van der Waals surface area contributed by atoms with Crippen LogP contribution in [0, 0.1) is 20.8 Å². The number of aromatic nitrogens is 2. The topological polar surface area (TPSA) is 20.5 Å². The molecule has 0 aliphatic carbocycles. The molecule has 0 N–H and O–H groups in total. The van der Waals surface area contributed by atoms with E-state index >= 15 is 0 Å². The monoisotopic (exact) mass is 291 g/mol. The highest BCUT2D eigenvalue weighted by molar-refractivity contribution is 7.17. The van der Waals surface area contributed by atoms with Crippen LogP contribution in [0.25, 0.3) is 4.83 Å². The lowest BCUT2D eigenvalue weighted by Gasteiger charge is -2.34. The van der Waals surface area contributed by atoms with E-state index in [9.17, 15) is 0 Å². The third-order valence-corrected chi connectivity index (χ3v) is 5.88. The summed E-state index contributed by atoms with van der Waals surface area (Å²) in [6.45, 7) is 13.6. The van der Waals surface area contributed by atoms with E-state index in [0.29, 0.717) is 12.0 Å². The van der Waals surface area contributed by atoms with Crippen LogP contribution in [-0.4, -0.2) is 33.4 Å². The summed E-state index contributed by atoms with van der Waals surface area (Å²) in [5.74, 6) is 1.76. The molecule has 0 amide bonds. The first-order valence-electron chi connectivity index (χ1n) is 7.68. The minimum atomic E-state index is 0.604. The zero-order chi connectivity index (χ0) is 14.4. The van der Waals surface area contributed by atoms with Crippen molar-refractivity contribution in [3.8, 4) is 0 Å². The van der Waals surface area contributed by atoms with Crippen LogP contribution in [0.2, 0.25) is 0 Å². The summed E-state index contributed by atoms with van der Waals surface area (Å²) in [7, 11) is 0. The van der Waals surface area contributed by atoms with Crippen LogP contribution < -0.4 is 0 Å². The molecule has 0 spiro atoms. The van der Waals surface area contributed by atoms with Crippen molar-refractivity contribution in [3.63, 3.8) is 0 Å². The van der Waals surface area contributed by atoms with Gasteiger partial charge in [0.25, 0.3) is 0 Å². The number of piperidine rings is 1. The van der Waals surface area contributed by atoms with Gasteiger partial charge in [-0.1, -0.05) is 0 Å². The second kappa shape index (κ2) is 5.15. The molecule has 0 aromatic carbocycles. The first kappa shape index (κ1) is 14.1. The molecule has 0 radical (unpaired) electrons. The molecule has 1 fully saturated rings. The maximum absolute atomic E-state index is 4.92. The van der Waals surface area contributed by atoms with Gasteiger partial charge in [0.05, 0.1) is 5.69 Å². The van der Waals surface area contributed by atoms with Crippen molar-refractivity contribution in [2.75, 3.05) is 13.1 Å². The van der Waals surface area contributed by atoms with Gasteiger partial charge in [0.1, 0.15) is 10.7 Å². The Balaban J connectivity index is 2.00. The van der Waals surface area contributed by atoms with Gasteiger partial charge in [0, 0.05) is 29.1 Å². The quantitative estimate of drug-likeness (QED) is 0.836. The molecule has 20 heavy (non-hydrogen) atoms. The Kier molecular flexibility index (Phi) is 3.63. The highest BCUT2D eigenvalue weighted by Gasteiger charge is 2.27. The predicted octanol–water partition coefficient (Wildman–Crippen LogP) is 3.91. The fourth-order valence-corrected chi connectivity index (χ4v) is 4.57. The molecule has 3 rings (SSSR count). The van der Waals surface area contributed by atoms with E-state index in [4.69, 9.17) is 4.98 Å². The lowest BCUT2D eigenvalue weighted by molar-refractivity contribution is 0.167. The minimum Gasteiger partial charge on any atom is -0.300 e. The summed E-state index contributed by atoms with van der Waals surface area (Å²) >= 11 is 1.91. The standard InChI is InChI=1S/C16H25N3S/c1-10(2)18-8-6-7-14(9-18)15-16-19(13(5)17-15)11(3)12(4)20-16/h10,14H,6-9H2,1-5H3. The van der Waals surface area contributed by atoms with Crippen molar-refractivity contribution < 1.29 is 0 Å². The normalized spacial score (nSPS) is 21.2. The summed E-state index contributed by atoms with van der Waals surface area (Å²) < 4.78 is 2.35. The van der Waals surface area contributed by atoms with Gasteiger partial charge in [0.2, 0.25) is 0 Å². The summed E-state index contributed by atoms with van der Waals surface area (Å²) in [5, 5.41) is 0. The molecular formula is C16H25N3S. The van der Waals surface area contributed by atoms with Crippen LogP contribution in [0.4, 0.5) is 0 Å². The molecule has 0 saturated carbocycles. The number of likely N-dealkylation sites (tertiary alicyclic amines) is 1. The van der Waals surface area contributed by atoms with Gasteiger partial charge in [-0.2, -0.15) is 0 Å². The zero-order valence-corrected chi connectivity index (χ0v) is 14.0. The molecule has 2 aromatic rings. The maximum atomic E-state index is 4.92. The average molecular weight is 291 g/mol. The Morgan fingerprint density at radius 2 is 2.00 bits per heavy atom. The van der Waals surface area contributed by atoms with Gasteiger partial charge >= 0.3 is 0 Å². The summed E-state index contributed by atoms with van der Waals surface area (Å²) in [6, 6.07) is 0.642. The van der Waals surface area contributed by atoms with Gasteiger partial charge in [-0.05, 0) is 54.0 Å². The van der Waals surface area contributed by atoms with E-state index in [1.165, 1.54) is 47.0 Å². The van der Waals surface area contributed by atoms with E-state index in [0.717, 1.165) is 5.82 Å². The largest absolute Gasteiger partial charge is 0.300 e. The van der Waals surface area contributed by atoms with E-state index in [1.807, 2.05) is 11.3 Å². The number of rotatable bonds is 2. The molecule has 1 aliphatic rings. The zero-order valence-electron chi connectivity index (χ0n) is 13.2. The summed E-state index contributed by atoms with van der Waals surface area (Å²) in [6.07, 6.45) is 2.58. The van der Waals surface area contributed by atoms with Crippen molar-refractivity contribution in [2.24, 2.45) is 0 Å². The number of hydrogen-bond acceptors (Lipinski definition) is 3. The molecule has 1 saturated heterocycles. The van der Waals surface area contributed by atoms with Crippen molar-refractivity contribution in [2.45, 2.75) is 59.4 Å². The third kappa shape index (κ3) is 2.19. The number of aryl methyl sites for hydroxylation is 3. The Labute approximate surface area is 125 Å². The van der Waals surface area contributed by atoms with Gasteiger partial charge in [-0.25, -0.2) is 4.98 Å². The third-order valence-electron chi connectivity index (χ3n) is 4.69. The van der Waals surface area contributed by atoms with Crippen molar-refractivity contribution in [3.05, 3.63) is 22.1 Å². The van der Waals surface area contributed by atoms with E-state index < -0.39 is 0 Å². The number of thiazole rings is 1. The first-order valence-corrected chi connectivity index (χ1v) is 8.49. The fourth-order valence-electron chi connectivity index (χ4n) is 3.37. The summed E-state index contributed by atoms with van der Waals surface area (Å²) in [4.78, 5) is 10.3. The van der Waals surface area contributed by atoms with E-state index in [2.05, 4.69) is 43.9 Å². The molecule has 4 heteroatoms. The highest BCUT2D eigenvalue weighted by Crippen LogP contribution is 2.35. The minimum absolute atomic E-state index is 0.604. The SMILES string of the molecule is Cc1sc2c(C3CCCN(C(C)C)C3)nc(C)n2c1C. The van der Waals surface area contributed by atoms with Crippen LogP contribution in [0.15, 0.2) is 0 Å². The van der Waals surface area contributed by atoms with Crippen LogP contribution in [0.1, 0.15) is 54.7 Å². The Bertz CT molecular complexity index is 623. The van der Waals surface area contributed by atoms with Crippen LogP contribution in [0.5, 0.6) is 0 Å². The van der Waals surface area contributed by atoms with Crippen LogP contribution in [-0.2, 0) is 0 Å². The molecule has 3 nitrogen and oxygen atoms in total. The van der Waals surface area contributed by atoms with Gasteiger partial charge in [-0.15, -0.1) is 11.3 Å². The van der Waals surface area contributed by atoms with Crippen molar-refractivity contribution in [1.82, 2.24) is 14.3 Å². The van der Waals surface area contributed by atoms with Crippen LogP contribution in [0.3, 0.4) is 0 Å².